The summed E-state index contributed by atoms with van der Waals surface area (Å²) < 4.78 is 0. The Bertz CT molecular complexity index is 848. The van der Waals surface area contributed by atoms with E-state index < -0.39 is 23.8 Å². The van der Waals surface area contributed by atoms with Gasteiger partial charge in [-0.15, -0.1) is 0 Å². The lowest BCUT2D eigenvalue weighted by Crippen LogP contribution is -2.35. The zero-order valence-electron chi connectivity index (χ0n) is 17.9. The molecule has 6 nitrogen and oxygen atoms in total. The predicted molar refractivity (Wildman–Crippen MR) is 120 cm³/mol. The first-order chi connectivity index (χ1) is 14.9. The van der Waals surface area contributed by atoms with Gasteiger partial charge in [0.2, 0.25) is 5.91 Å². The van der Waals surface area contributed by atoms with Crippen molar-refractivity contribution >= 4 is 17.8 Å². The first kappa shape index (κ1) is 24.1. The molecule has 2 aromatic carbocycles. The van der Waals surface area contributed by atoms with E-state index in [2.05, 4.69) is 5.32 Å². The number of carboxylic acid groups (broad SMARTS) is 2. The van der Waals surface area contributed by atoms with Crippen molar-refractivity contribution in [2.45, 2.75) is 45.4 Å². The molecule has 0 bridgehead atoms. The van der Waals surface area contributed by atoms with Gasteiger partial charge in [-0.2, -0.15) is 0 Å². The molecular formula is C25H31NO5. The average molecular weight is 426 g/mol. The second-order valence-electron chi connectivity index (χ2n) is 7.81. The lowest BCUT2D eigenvalue weighted by Gasteiger charge is -2.21. The quantitative estimate of drug-likeness (QED) is 0.442. The predicted octanol–water partition coefficient (Wildman–Crippen LogP) is 4.38. The molecule has 0 radical (unpaired) electrons. The number of aliphatic carboxylic acids is 2. The molecule has 166 valence electrons. The van der Waals surface area contributed by atoms with Crippen molar-refractivity contribution in [3.05, 3.63) is 60.2 Å². The van der Waals surface area contributed by atoms with E-state index in [1.807, 2.05) is 61.5 Å². The standard InChI is InChI=1S/C25H31NO5/c1-2-3-7-21(25(30)31)17-22(24(29)26-15-14-23(27)28)16-18-10-12-20(13-11-18)19-8-5-4-6-9-19/h4-6,8-13,21-22H,2-3,7,14-17H2,1H3,(H,26,29)(H,27,28)(H,30,31)/t21-,22-/m0/s1. The number of unbranched alkanes of at least 4 members (excludes halogenated alkanes) is 1. The Hall–Kier alpha value is -3.15. The van der Waals surface area contributed by atoms with Crippen LogP contribution in [0.1, 0.15) is 44.6 Å². The van der Waals surface area contributed by atoms with Crippen LogP contribution in [0.25, 0.3) is 11.1 Å². The molecule has 6 heteroatoms. The summed E-state index contributed by atoms with van der Waals surface area (Å²) in [6, 6.07) is 17.9. The molecular weight excluding hydrogens is 394 g/mol. The molecule has 31 heavy (non-hydrogen) atoms. The molecule has 3 N–H and O–H groups in total. The minimum absolute atomic E-state index is 0.0321. The van der Waals surface area contributed by atoms with Crippen LogP contribution in [0.2, 0.25) is 0 Å². The van der Waals surface area contributed by atoms with E-state index in [0.717, 1.165) is 29.5 Å². The third-order valence-corrected chi connectivity index (χ3v) is 5.38. The fourth-order valence-electron chi connectivity index (χ4n) is 3.60. The van der Waals surface area contributed by atoms with Gasteiger partial charge in [-0.05, 0) is 36.0 Å². The topological polar surface area (TPSA) is 104 Å². The lowest BCUT2D eigenvalue weighted by molar-refractivity contribution is -0.143. The number of nitrogens with one attached hydrogen (secondary N) is 1. The van der Waals surface area contributed by atoms with Crippen molar-refractivity contribution in [2.75, 3.05) is 6.54 Å². The molecule has 0 unspecified atom stereocenters. The van der Waals surface area contributed by atoms with Gasteiger partial charge in [0.25, 0.3) is 0 Å². The van der Waals surface area contributed by atoms with Crippen LogP contribution in [0.15, 0.2) is 54.6 Å². The molecule has 1 amide bonds. The van der Waals surface area contributed by atoms with Crippen molar-refractivity contribution < 1.29 is 24.6 Å². The summed E-state index contributed by atoms with van der Waals surface area (Å²) in [5.41, 5.74) is 3.11. The SMILES string of the molecule is CCCC[C@@H](C[C@H](Cc1ccc(-c2ccccc2)cc1)C(=O)NCCC(=O)O)C(=O)O. The van der Waals surface area contributed by atoms with Gasteiger partial charge in [0.1, 0.15) is 0 Å². The van der Waals surface area contributed by atoms with Crippen LogP contribution in [0, 0.1) is 11.8 Å². The van der Waals surface area contributed by atoms with E-state index in [9.17, 15) is 19.5 Å². The first-order valence-electron chi connectivity index (χ1n) is 10.8. The van der Waals surface area contributed by atoms with Gasteiger partial charge in [-0.1, -0.05) is 74.4 Å². The van der Waals surface area contributed by atoms with Gasteiger partial charge in [0.05, 0.1) is 12.3 Å². The highest BCUT2D eigenvalue weighted by Gasteiger charge is 2.27. The summed E-state index contributed by atoms with van der Waals surface area (Å²) in [6.45, 7) is 2.04. The number of benzene rings is 2. The summed E-state index contributed by atoms with van der Waals surface area (Å²) >= 11 is 0. The average Bonchev–Trinajstić information content (AvgIpc) is 2.76. The summed E-state index contributed by atoms with van der Waals surface area (Å²) in [6.07, 6.45) is 2.68. The van der Waals surface area contributed by atoms with Crippen LogP contribution in [0.4, 0.5) is 0 Å². The monoisotopic (exact) mass is 425 g/mol. The molecule has 0 saturated carbocycles. The van der Waals surface area contributed by atoms with Crippen molar-refractivity contribution in [1.29, 1.82) is 0 Å². The fraction of sp³-hybridized carbons (Fsp3) is 0.400. The molecule has 2 rings (SSSR count). The van der Waals surface area contributed by atoms with E-state index >= 15 is 0 Å². The second-order valence-corrected chi connectivity index (χ2v) is 7.81. The van der Waals surface area contributed by atoms with E-state index in [4.69, 9.17) is 5.11 Å². The number of hydrogen-bond donors (Lipinski definition) is 3. The number of carbonyl (C=O) groups excluding carboxylic acids is 1. The molecule has 0 aliphatic rings. The van der Waals surface area contributed by atoms with E-state index in [0.29, 0.717) is 12.8 Å². The Morgan fingerprint density at radius 3 is 2.13 bits per heavy atom. The van der Waals surface area contributed by atoms with Crippen LogP contribution in [0.5, 0.6) is 0 Å². The van der Waals surface area contributed by atoms with Crippen molar-refractivity contribution in [3.63, 3.8) is 0 Å². The second kappa shape index (κ2) is 12.5. The van der Waals surface area contributed by atoms with Gasteiger partial charge in [-0.25, -0.2) is 0 Å². The lowest BCUT2D eigenvalue weighted by atomic mass is 9.86. The highest BCUT2D eigenvalue weighted by atomic mass is 16.4. The molecule has 2 aromatic rings. The molecule has 2 atom stereocenters. The van der Waals surface area contributed by atoms with E-state index in [1.54, 1.807) is 0 Å². The Balaban J connectivity index is 2.13. The number of amides is 1. The zero-order chi connectivity index (χ0) is 22.6. The summed E-state index contributed by atoms with van der Waals surface area (Å²) in [5.74, 6) is -3.31. The number of rotatable bonds is 13. The summed E-state index contributed by atoms with van der Waals surface area (Å²) in [4.78, 5) is 35.2. The van der Waals surface area contributed by atoms with Crippen LogP contribution < -0.4 is 5.32 Å². The van der Waals surface area contributed by atoms with Crippen LogP contribution >= 0.6 is 0 Å². The highest BCUT2D eigenvalue weighted by molar-refractivity contribution is 5.80. The largest absolute Gasteiger partial charge is 0.481 e. The van der Waals surface area contributed by atoms with Gasteiger partial charge >= 0.3 is 11.9 Å². The Kier molecular flexibility index (Phi) is 9.75. The van der Waals surface area contributed by atoms with Gasteiger partial charge < -0.3 is 15.5 Å². The Morgan fingerprint density at radius 1 is 0.903 bits per heavy atom. The van der Waals surface area contributed by atoms with Crippen LogP contribution in [-0.4, -0.2) is 34.6 Å². The summed E-state index contributed by atoms with van der Waals surface area (Å²) in [5, 5.41) is 21.1. The van der Waals surface area contributed by atoms with Gasteiger partial charge in [-0.3, -0.25) is 14.4 Å². The fourth-order valence-corrected chi connectivity index (χ4v) is 3.60. The molecule has 0 saturated heterocycles. The molecule has 0 aliphatic heterocycles. The van der Waals surface area contributed by atoms with E-state index in [-0.39, 0.29) is 25.3 Å². The molecule has 0 heterocycles. The van der Waals surface area contributed by atoms with Crippen molar-refractivity contribution in [1.82, 2.24) is 5.32 Å². The summed E-state index contributed by atoms with van der Waals surface area (Å²) in [7, 11) is 0. The number of carboxylic acids is 2. The minimum Gasteiger partial charge on any atom is -0.481 e. The molecule has 0 aromatic heterocycles. The van der Waals surface area contributed by atoms with Crippen LogP contribution in [0.3, 0.4) is 0 Å². The number of hydrogen-bond acceptors (Lipinski definition) is 3. The van der Waals surface area contributed by atoms with E-state index in [1.165, 1.54) is 0 Å². The maximum absolute atomic E-state index is 12.8. The third-order valence-electron chi connectivity index (χ3n) is 5.38. The number of carbonyl (C=O) groups is 3. The molecule has 0 spiro atoms. The Labute approximate surface area is 183 Å². The normalized spacial score (nSPS) is 12.7. The first-order valence-corrected chi connectivity index (χ1v) is 10.8. The van der Waals surface area contributed by atoms with Gasteiger partial charge in [0, 0.05) is 12.5 Å². The molecule has 0 aliphatic carbocycles. The van der Waals surface area contributed by atoms with Gasteiger partial charge in [0.15, 0.2) is 0 Å². The maximum Gasteiger partial charge on any atom is 0.306 e. The maximum atomic E-state index is 12.8. The Morgan fingerprint density at radius 2 is 1.55 bits per heavy atom. The smallest absolute Gasteiger partial charge is 0.306 e. The van der Waals surface area contributed by atoms with Crippen LogP contribution in [-0.2, 0) is 20.8 Å². The third kappa shape index (κ3) is 8.24. The highest BCUT2D eigenvalue weighted by Crippen LogP contribution is 2.25. The van der Waals surface area contributed by atoms with Crippen molar-refractivity contribution in [2.24, 2.45) is 11.8 Å². The zero-order valence-corrected chi connectivity index (χ0v) is 17.9. The molecule has 0 fully saturated rings. The van der Waals surface area contributed by atoms with Crippen molar-refractivity contribution in [3.8, 4) is 11.1 Å². The minimum atomic E-state index is -0.986.